The van der Waals surface area contributed by atoms with Gasteiger partial charge in [0.05, 0.1) is 12.3 Å². The molecule has 1 aromatic rings. The van der Waals surface area contributed by atoms with Crippen molar-refractivity contribution in [2.75, 3.05) is 6.54 Å². The first-order valence-electron chi connectivity index (χ1n) is 7.67. The lowest BCUT2D eigenvalue weighted by Crippen LogP contribution is -2.24. The van der Waals surface area contributed by atoms with Gasteiger partial charge in [-0.05, 0) is 37.4 Å². The third kappa shape index (κ3) is 4.16. The van der Waals surface area contributed by atoms with Crippen molar-refractivity contribution in [3.63, 3.8) is 0 Å². The quantitative estimate of drug-likeness (QED) is 0.740. The van der Waals surface area contributed by atoms with Crippen molar-refractivity contribution in [3.8, 4) is 0 Å². The zero-order valence-corrected chi connectivity index (χ0v) is 11.7. The van der Waals surface area contributed by atoms with Crippen molar-refractivity contribution in [1.29, 1.82) is 0 Å². The zero-order chi connectivity index (χ0) is 12.6. The first kappa shape index (κ1) is 13.7. The molecule has 1 saturated carbocycles. The Morgan fingerprint density at radius 2 is 2.06 bits per heavy atom. The molecule has 1 aromatic heterocycles. The number of rotatable bonds is 6. The molecule has 1 aliphatic carbocycles. The molecule has 0 spiro atoms. The van der Waals surface area contributed by atoms with Crippen LogP contribution in [-0.4, -0.2) is 6.54 Å². The van der Waals surface area contributed by atoms with E-state index in [0.29, 0.717) is 6.04 Å². The zero-order valence-electron chi connectivity index (χ0n) is 11.7. The maximum absolute atomic E-state index is 5.60. The fraction of sp³-hybridized carbons (Fsp3) is 0.750. The van der Waals surface area contributed by atoms with Crippen LogP contribution < -0.4 is 5.32 Å². The maximum atomic E-state index is 5.60. The minimum Gasteiger partial charge on any atom is -0.468 e. The molecule has 0 amide bonds. The number of furan rings is 1. The van der Waals surface area contributed by atoms with Crippen LogP contribution in [0.3, 0.4) is 0 Å². The summed E-state index contributed by atoms with van der Waals surface area (Å²) >= 11 is 0. The second kappa shape index (κ2) is 7.63. The second-order valence-corrected chi connectivity index (χ2v) is 5.62. The third-order valence-corrected chi connectivity index (χ3v) is 4.07. The molecule has 1 unspecified atom stereocenters. The molecule has 18 heavy (non-hydrogen) atoms. The van der Waals surface area contributed by atoms with Crippen LogP contribution >= 0.6 is 0 Å². The van der Waals surface area contributed by atoms with Crippen molar-refractivity contribution in [2.45, 2.75) is 64.3 Å². The number of hydrogen-bond donors (Lipinski definition) is 1. The molecule has 2 heteroatoms. The summed E-state index contributed by atoms with van der Waals surface area (Å²) in [6, 6.07) is 4.54. The van der Waals surface area contributed by atoms with E-state index >= 15 is 0 Å². The van der Waals surface area contributed by atoms with Crippen molar-refractivity contribution in [2.24, 2.45) is 5.92 Å². The summed E-state index contributed by atoms with van der Waals surface area (Å²) < 4.78 is 5.60. The Morgan fingerprint density at radius 1 is 1.28 bits per heavy atom. The molecule has 1 atom stereocenters. The maximum Gasteiger partial charge on any atom is 0.120 e. The molecule has 0 bridgehead atoms. The van der Waals surface area contributed by atoms with E-state index in [1.54, 1.807) is 6.26 Å². The van der Waals surface area contributed by atoms with Gasteiger partial charge in [-0.1, -0.05) is 45.4 Å². The molecular formula is C16H27NO. The largest absolute Gasteiger partial charge is 0.468 e. The highest BCUT2D eigenvalue weighted by Gasteiger charge is 2.20. The molecule has 0 aromatic carbocycles. The van der Waals surface area contributed by atoms with Crippen LogP contribution in [0.2, 0.25) is 0 Å². The average Bonchev–Trinajstić information content (AvgIpc) is 2.80. The molecule has 102 valence electrons. The van der Waals surface area contributed by atoms with Crippen molar-refractivity contribution in [1.82, 2.24) is 5.32 Å². The van der Waals surface area contributed by atoms with Gasteiger partial charge >= 0.3 is 0 Å². The molecule has 1 heterocycles. The van der Waals surface area contributed by atoms with Gasteiger partial charge < -0.3 is 9.73 Å². The molecule has 1 N–H and O–H groups in total. The second-order valence-electron chi connectivity index (χ2n) is 5.62. The van der Waals surface area contributed by atoms with Gasteiger partial charge in [-0.15, -0.1) is 0 Å². The van der Waals surface area contributed by atoms with Crippen LogP contribution in [0.25, 0.3) is 0 Å². The Labute approximate surface area is 111 Å². The highest BCUT2D eigenvalue weighted by molar-refractivity contribution is 5.04. The lowest BCUT2D eigenvalue weighted by Gasteiger charge is -2.22. The van der Waals surface area contributed by atoms with Gasteiger partial charge in [-0.2, -0.15) is 0 Å². The van der Waals surface area contributed by atoms with E-state index in [2.05, 4.69) is 18.3 Å². The fourth-order valence-corrected chi connectivity index (χ4v) is 3.04. The number of nitrogens with one attached hydrogen (secondary N) is 1. The van der Waals surface area contributed by atoms with Crippen LogP contribution in [-0.2, 0) is 0 Å². The first-order chi connectivity index (χ1) is 8.90. The van der Waals surface area contributed by atoms with Gasteiger partial charge in [0.2, 0.25) is 0 Å². The Balaban J connectivity index is 1.91. The fourth-order valence-electron chi connectivity index (χ4n) is 3.04. The predicted molar refractivity (Wildman–Crippen MR) is 75.6 cm³/mol. The van der Waals surface area contributed by atoms with Gasteiger partial charge in [0.25, 0.3) is 0 Å². The minimum absolute atomic E-state index is 0.419. The molecule has 1 fully saturated rings. The highest BCUT2D eigenvalue weighted by atomic mass is 16.3. The Morgan fingerprint density at radius 3 is 2.67 bits per heavy atom. The molecule has 2 nitrogen and oxygen atoms in total. The van der Waals surface area contributed by atoms with Gasteiger partial charge in [-0.3, -0.25) is 0 Å². The van der Waals surface area contributed by atoms with Crippen LogP contribution in [0.5, 0.6) is 0 Å². The van der Waals surface area contributed by atoms with E-state index < -0.39 is 0 Å². The Hall–Kier alpha value is -0.760. The monoisotopic (exact) mass is 249 g/mol. The molecule has 1 aliphatic rings. The van der Waals surface area contributed by atoms with E-state index in [9.17, 15) is 0 Å². The van der Waals surface area contributed by atoms with Gasteiger partial charge in [0.15, 0.2) is 0 Å². The van der Waals surface area contributed by atoms with E-state index in [0.717, 1.165) is 18.2 Å². The summed E-state index contributed by atoms with van der Waals surface area (Å²) in [5, 5.41) is 3.65. The molecule has 0 radical (unpaired) electrons. The van der Waals surface area contributed by atoms with Crippen LogP contribution in [0, 0.1) is 5.92 Å². The van der Waals surface area contributed by atoms with Crippen molar-refractivity contribution >= 4 is 0 Å². The summed E-state index contributed by atoms with van der Waals surface area (Å²) in [6.07, 6.45) is 12.7. The summed E-state index contributed by atoms with van der Waals surface area (Å²) in [7, 11) is 0. The van der Waals surface area contributed by atoms with Crippen LogP contribution in [0.15, 0.2) is 22.8 Å². The summed E-state index contributed by atoms with van der Waals surface area (Å²) in [5.41, 5.74) is 0. The minimum atomic E-state index is 0.419. The van der Waals surface area contributed by atoms with Crippen LogP contribution in [0.4, 0.5) is 0 Å². The Kier molecular flexibility index (Phi) is 5.79. The topological polar surface area (TPSA) is 25.2 Å². The molecule has 2 rings (SSSR count). The molecule has 0 saturated heterocycles. The normalized spacial score (nSPS) is 19.6. The van der Waals surface area contributed by atoms with Crippen molar-refractivity contribution < 1.29 is 4.42 Å². The standard InChI is InChI=1S/C16H27NO/c1-2-11-17-15(16-10-7-12-18-16)13-14-8-5-3-4-6-9-14/h7,10,12,14-15,17H,2-6,8-9,11,13H2,1H3. The van der Waals surface area contributed by atoms with E-state index in [1.165, 1.54) is 51.4 Å². The lowest BCUT2D eigenvalue weighted by atomic mass is 9.91. The van der Waals surface area contributed by atoms with E-state index in [-0.39, 0.29) is 0 Å². The summed E-state index contributed by atoms with van der Waals surface area (Å²) in [4.78, 5) is 0. The Bertz CT molecular complexity index is 299. The molecular weight excluding hydrogens is 222 g/mol. The van der Waals surface area contributed by atoms with E-state index in [4.69, 9.17) is 4.42 Å². The van der Waals surface area contributed by atoms with Gasteiger partial charge in [0.1, 0.15) is 5.76 Å². The first-order valence-corrected chi connectivity index (χ1v) is 7.67. The lowest BCUT2D eigenvalue weighted by molar-refractivity contribution is 0.319. The predicted octanol–water partition coefficient (Wildman–Crippen LogP) is 4.68. The summed E-state index contributed by atoms with van der Waals surface area (Å²) in [6.45, 7) is 3.30. The van der Waals surface area contributed by atoms with E-state index in [1.807, 2.05) is 6.07 Å². The van der Waals surface area contributed by atoms with Gasteiger partial charge in [-0.25, -0.2) is 0 Å². The third-order valence-electron chi connectivity index (χ3n) is 4.07. The van der Waals surface area contributed by atoms with Crippen molar-refractivity contribution in [3.05, 3.63) is 24.2 Å². The smallest absolute Gasteiger partial charge is 0.120 e. The SMILES string of the molecule is CCCNC(CC1CCCCCC1)c1ccco1. The van der Waals surface area contributed by atoms with Crippen LogP contribution in [0.1, 0.15) is 70.1 Å². The number of hydrogen-bond acceptors (Lipinski definition) is 2. The highest BCUT2D eigenvalue weighted by Crippen LogP contribution is 2.31. The summed E-state index contributed by atoms with van der Waals surface area (Å²) in [5.74, 6) is 2.00. The molecule has 0 aliphatic heterocycles. The van der Waals surface area contributed by atoms with Gasteiger partial charge in [0, 0.05) is 0 Å². The average molecular weight is 249 g/mol.